The monoisotopic (exact) mass is 262 g/mol. The van der Waals surface area contributed by atoms with Gasteiger partial charge in [-0.2, -0.15) is 0 Å². The Kier molecular flexibility index (Phi) is 4.43. The Hall–Kier alpha value is -1.55. The van der Waals surface area contributed by atoms with Crippen molar-refractivity contribution < 1.29 is 9.53 Å². The van der Waals surface area contributed by atoms with E-state index < -0.39 is 0 Å². The predicted octanol–water partition coefficient (Wildman–Crippen LogP) is 2.78. The average Bonchev–Trinajstić information content (AvgIpc) is 2.86. The molecular weight excluding hydrogens is 240 g/mol. The number of amides is 1. The third-order valence-corrected chi connectivity index (χ3v) is 3.60. The molecule has 1 aromatic carbocycles. The maximum Gasteiger partial charge on any atom is 0.224 e. The summed E-state index contributed by atoms with van der Waals surface area (Å²) >= 11 is 0. The number of rotatable bonds is 4. The molecule has 3 N–H and O–H groups in total. The molecule has 4 nitrogen and oxygen atoms in total. The number of ether oxygens (including phenoxy) is 1. The van der Waals surface area contributed by atoms with Crippen LogP contribution in [-0.4, -0.2) is 18.6 Å². The average molecular weight is 262 g/mol. The number of carbonyl (C=O) groups is 1. The van der Waals surface area contributed by atoms with Gasteiger partial charge in [-0.3, -0.25) is 4.79 Å². The van der Waals surface area contributed by atoms with Gasteiger partial charge in [-0.25, -0.2) is 0 Å². The van der Waals surface area contributed by atoms with Crippen molar-refractivity contribution in [3.63, 3.8) is 0 Å². The number of hydrogen-bond donors (Lipinski definition) is 2. The molecule has 0 aromatic heterocycles. The fourth-order valence-corrected chi connectivity index (χ4v) is 2.38. The minimum atomic E-state index is 0.0295. The van der Waals surface area contributed by atoms with E-state index >= 15 is 0 Å². The third kappa shape index (κ3) is 3.70. The normalized spacial score (nSPS) is 18.5. The third-order valence-electron chi connectivity index (χ3n) is 3.60. The van der Waals surface area contributed by atoms with Crippen molar-refractivity contribution in [2.75, 3.05) is 17.7 Å². The highest BCUT2D eigenvalue weighted by molar-refractivity contribution is 5.92. The Labute approximate surface area is 114 Å². The molecule has 0 aliphatic carbocycles. The lowest BCUT2D eigenvalue weighted by atomic mass is 10.1. The van der Waals surface area contributed by atoms with Gasteiger partial charge in [0.05, 0.1) is 6.10 Å². The van der Waals surface area contributed by atoms with Gasteiger partial charge in [0.15, 0.2) is 0 Å². The van der Waals surface area contributed by atoms with Crippen molar-refractivity contribution in [2.24, 2.45) is 0 Å². The number of hydrogen-bond acceptors (Lipinski definition) is 3. The molecule has 104 valence electrons. The van der Waals surface area contributed by atoms with Crippen LogP contribution in [0, 0.1) is 13.8 Å². The SMILES string of the molecule is Cc1cc(C)c(NC(=O)CCC2CCCO2)cc1N. The lowest BCUT2D eigenvalue weighted by Gasteiger charge is -2.12. The zero-order chi connectivity index (χ0) is 13.8. The van der Waals surface area contributed by atoms with E-state index in [0.29, 0.717) is 12.1 Å². The van der Waals surface area contributed by atoms with E-state index in [1.807, 2.05) is 26.0 Å². The van der Waals surface area contributed by atoms with Crippen LogP contribution in [0.3, 0.4) is 0 Å². The fourth-order valence-electron chi connectivity index (χ4n) is 2.38. The van der Waals surface area contributed by atoms with E-state index in [2.05, 4.69) is 5.32 Å². The Bertz CT molecular complexity index is 465. The molecule has 1 unspecified atom stereocenters. The second-order valence-electron chi connectivity index (χ2n) is 5.25. The van der Waals surface area contributed by atoms with Crippen molar-refractivity contribution in [1.82, 2.24) is 0 Å². The van der Waals surface area contributed by atoms with Gasteiger partial charge in [0.25, 0.3) is 0 Å². The zero-order valence-corrected chi connectivity index (χ0v) is 11.7. The lowest BCUT2D eigenvalue weighted by molar-refractivity contribution is -0.116. The summed E-state index contributed by atoms with van der Waals surface area (Å²) in [5.41, 5.74) is 9.46. The zero-order valence-electron chi connectivity index (χ0n) is 11.7. The number of anilines is 2. The minimum absolute atomic E-state index is 0.0295. The molecule has 1 aliphatic heterocycles. The molecule has 1 saturated heterocycles. The van der Waals surface area contributed by atoms with Crippen LogP contribution in [-0.2, 0) is 9.53 Å². The Balaban J connectivity index is 1.89. The topological polar surface area (TPSA) is 64.3 Å². The van der Waals surface area contributed by atoms with Crippen molar-refractivity contribution >= 4 is 17.3 Å². The molecule has 1 atom stereocenters. The first-order chi connectivity index (χ1) is 9.06. The van der Waals surface area contributed by atoms with Crippen LogP contribution < -0.4 is 11.1 Å². The van der Waals surface area contributed by atoms with Gasteiger partial charge in [-0.05, 0) is 50.3 Å². The standard InChI is InChI=1S/C15H22N2O2/c1-10-8-11(2)14(9-13(10)16)17-15(18)6-5-12-4-3-7-19-12/h8-9,12H,3-7,16H2,1-2H3,(H,17,18). The molecule has 0 saturated carbocycles. The van der Waals surface area contributed by atoms with E-state index in [9.17, 15) is 4.79 Å². The van der Waals surface area contributed by atoms with E-state index in [1.54, 1.807) is 0 Å². The summed E-state index contributed by atoms with van der Waals surface area (Å²) in [6.07, 6.45) is 3.74. The first kappa shape index (κ1) is 13.9. The molecule has 1 aliphatic rings. The van der Waals surface area contributed by atoms with Crippen LogP contribution >= 0.6 is 0 Å². The van der Waals surface area contributed by atoms with Crippen LogP contribution in [0.2, 0.25) is 0 Å². The van der Waals surface area contributed by atoms with Crippen molar-refractivity contribution in [3.05, 3.63) is 23.3 Å². The van der Waals surface area contributed by atoms with E-state index in [4.69, 9.17) is 10.5 Å². The largest absolute Gasteiger partial charge is 0.398 e. The first-order valence-electron chi connectivity index (χ1n) is 6.84. The quantitative estimate of drug-likeness (QED) is 0.820. The van der Waals surface area contributed by atoms with Crippen molar-refractivity contribution in [2.45, 2.75) is 45.6 Å². The van der Waals surface area contributed by atoms with Crippen molar-refractivity contribution in [1.29, 1.82) is 0 Å². The lowest BCUT2D eigenvalue weighted by Crippen LogP contribution is -2.16. The molecule has 0 radical (unpaired) electrons. The number of carbonyl (C=O) groups excluding carboxylic acids is 1. The number of nitrogens with two attached hydrogens (primary N) is 1. The predicted molar refractivity (Wildman–Crippen MR) is 77.2 cm³/mol. The smallest absolute Gasteiger partial charge is 0.224 e. The Morgan fingerprint density at radius 1 is 1.42 bits per heavy atom. The van der Waals surface area contributed by atoms with Gasteiger partial charge in [0, 0.05) is 24.4 Å². The molecule has 4 heteroatoms. The van der Waals surface area contributed by atoms with E-state index in [1.165, 1.54) is 0 Å². The van der Waals surface area contributed by atoms with E-state index in [-0.39, 0.29) is 12.0 Å². The number of benzene rings is 1. The molecule has 19 heavy (non-hydrogen) atoms. The van der Waals surface area contributed by atoms with Crippen LogP contribution in [0.5, 0.6) is 0 Å². The number of nitrogens with one attached hydrogen (secondary N) is 1. The summed E-state index contributed by atoms with van der Waals surface area (Å²) in [4.78, 5) is 11.9. The second kappa shape index (κ2) is 6.06. The molecule has 0 spiro atoms. The molecule has 0 bridgehead atoms. The summed E-state index contributed by atoms with van der Waals surface area (Å²) in [6, 6.07) is 3.82. The summed E-state index contributed by atoms with van der Waals surface area (Å²) in [5.74, 6) is 0.0295. The van der Waals surface area contributed by atoms with Crippen molar-refractivity contribution in [3.8, 4) is 0 Å². The fraction of sp³-hybridized carbons (Fsp3) is 0.533. The summed E-state index contributed by atoms with van der Waals surface area (Å²) in [7, 11) is 0. The highest BCUT2D eigenvalue weighted by Gasteiger charge is 2.17. The van der Waals surface area contributed by atoms with Crippen LogP contribution in [0.4, 0.5) is 11.4 Å². The second-order valence-corrected chi connectivity index (χ2v) is 5.25. The number of aryl methyl sites for hydroxylation is 2. The van der Waals surface area contributed by atoms with Crippen LogP contribution in [0.1, 0.15) is 36.8 Å². The minimum Gasteiger partial charge on any atom is -0.398 e. The highest BCUT2D eigenvalue weighted by atomic mass is 16.5. The van der Waals surface area contributed by atoms with Crippen LogP contribution in [0.25, 0.3) is 0 Å². The molecular formula is C15H22N2O2. The van der Waals surface area contributed by atoms with E-state index in [0.717, 1.165) is 42.7 Å². The Morgan fingerprint density at radius 2 is 2.21 bits per heavy atom. The summed E-state index contributed by atoms with van der Waals surface area (Å²) in [6.45, 7) is 4.77. The molecule has 1 heterocycles. The first-order valence-corrected chi connectivity index (χ1v) is 6.84. The van der Waals surface area contributed by atoms with Gasteiger partial charge in [0.2, 0.25) is 5.91 Å². The number of nitrogen functional groups attached to an aromatic ring is 1. The summed E-state index contributed by atoms with van der Waals surface area (Å²) in [5, 5.41) is 2.93. The molecule has 2 rings (SSSR count). The van der Waals surface area contributed by atoms with Gasteiger partial charge in [0.1, 0.15) is 0 Å². The molecule has 1 aromatic rings. The van der Waals surface area contributed by atoms with Gasteiger partial charge >= 0.3 is 0 Å². The van der Waals surface area contributed by atoms with Crippen LogP contribution in [0.15, 0.2) is 12.1 Å². The maximum atomic E-state index is 11.9. The van der Waals surface area contributed by atoms with Gasteiger partial charge in [-0.15, -0.1) is 0 Å². The van der Waals surface area contributed by atoms with Gasteiger partial charge < -0.3 is 15.8 Å². The maximum absolute atomic E-state index is 11.9. The Morgan fingerprint density at radius 3 is 2.89 bits per heavy atom. The highest BCUT2D eigenvalue weighted by Crippen LogP contribution is 2.23. The summed E-state index contributed by atoms with van der Waals surface area (Å²) < 4.78 is 5.51. The van der Waals surface area contributed by atoms with Gasteiger partial charge in [-0.1, -0.05) is 6.07 Å². The molecule has 1 amide bonds. The molecule has 1 fully saturated rings.